The van der Waals surface area contributed by atoms with Crippen molar-refractivity contribution in [2.24, 2.45) is 0 Å². The molecule has 1 aromatic heterocycles. The lowest BCUT2D eigenvalue weighted by molar-refractivity contribution is -0.384. The zero-order valence-corrected chi connectivity index (χ0v) is 10.2. The van der Waals surface area contributed by atoms with Crippen LogP contribution >= 0.6 is 0 Å². The largest absolute Gasteiger partial charge is 0.439 e. The Morgan fingerprint density at radius 3 is 2.74 bits per heavy atom. The molecule has 1 N–H and O–H groups in total. The number of nitrogens with one attached hydrogen (secondary N) is 1. The van der Waals surface area contributed by atoms with Crippen LogP contribution in [0.1, 0.15) is 18.7 Å². The fourth-order valence-corrected chi connectivity index (χ4v) is 1.79. The zero-order chi connectivity index (χ0) is 13.2. The molecular weight excluding hydrogens is 246 g/mol. The predicted octanol–water partition coefficient (Wildman–Crippen LogP) is 2.50. The Morgan fingerprint density at radius 1 is 1.37 bits per heavy atom. The molecule has 1 fully saturated rings. The van der Waals surface area contributed by atoms with Crippen LogP contribution < -0.4 is 5.32 Å². The van der Waals surface area contributed by atoms with E-state index in [1.165, 1.54) is 25.0 Å². The van der Waals surface area contributed by atoms with Gasteiger partial charge in [-0.2, -0.15) is 0 Å². The summed E-state index contributed by atoms with van der Waals surface area (Å²) in [5.41, 5.74) is 0.856. The van der Waals surface area contributed by atoms with Crippen LogP contribution in [-0.2, 0) is 6.54 Å². The van der Waals surface area contributed by atoms with Gasteiger partial charge in [-0.15, -0.1) is 0 Å². The van der Waals surface area contributed by atoms with Crippen molar-refractivity contribution in [3.8, 4) is 11.3 Å². The molecule has 0 bridgehead atoms. The average Bonchev–Trinajstić information content (AvgIpc) is 3.13. The normalized spacial score (nSPS) is 14.5. The maximum absolute atomic E-state index is 10.6. The van der Waals surface area contributed by atoms with Crippen molar-refractivity contribution in [1.29, 1.82) is 0 Å². The van der Waals surface area contributed by atoms with Gasteiger partial charge in [0.15, 0.2) is 5.76 Å². The molecule has 1 aliphatic carbocycles. The molecule has 0 atom stereocenters. The summed E-state index contributed by atoms with van der Waals surface area (Å²) in [5.74, 6) is 1.27. The number of hydrogen-bond donors (Lipinski definition) is 1. The highest BCUT2D eigenvalue weighted by Crippen LogP contribution is 2.24. The Balaban J connectivity index is 1.71. The number of non-ortho nitro benzene ring substituents is 1. The number of rotatable bonds is 5. The number of nitro groups is 1. The lowest BCUT2D eigenvalue weighted by Crippen LogP contribution is -2.15. The first-order chi connectivity index (χ1) is 9.22. The van der Waals surface area contributed by atoms with Crippen molar-refractivity contribution in [2.45, 2.75) is 25.4 Å². The number of hydrogen-bond acceptors (Lipinski definition) is 5. The number of nitro benzene ring substituents is 1. The highest BCUT2D eigenvalue weighted by atomic mass is 16.6. The summed E-state index contributed by atoms with van der Waals surface area (Å²) in [4.78, 5) is 14.3. The van der Waals surface area contributed by atoms with E-state index in [9.17, 15) is 10.1 Å². The fraction of sp³-hybridized carbons (Fsp3) is 0.308. The van der Waals surface area contributed by atoms with E-state index in [1.807, 2.05) is 0 Å². The van der Waals surface area contributed by atoms with E-state index >= 15 is 0 Å². The van der Waals surface area contributed by atoms with Gasteiger partial charge in [0.25, 0.3) is 5.69 Å². The van der Waals surface area contributed by atoms with Crippen molar-refractivity contribution in [2.75, 3.05) is 0 Å². The Bertz CT molecular complexity index is 587. The van der Waals surface area contributed by atoms with Gasteiger partial charge in [-0.1, -0.05) is 0 Å². The molecule has 0 amide bonds. The summed E-state index contributed by atoms with van der Waals surface area (Å²) in [6.45, 7) is 0.623. The Kier molecular flexibility index (Phi) is 3.00. The number of aromatic nitrogens is 1. The van der Waals surface area contributed by atoms with Gasteiger partial charge in [-0.25, -0.2) is 4.98 Å². The van der Waals surface area contributed by atoms with Crippen LogP contribution in [0.25, 0.3) is 11.3 Å². The molecule has 3 rings (SSSR count). The van der Waals surface area contributed by atoms with Crippen molar-refractivity contribution >= 4 is 5.69 Å². The molecule has 1 aromatic carbocycles. The van der Waals surface area contributed by atoms with E-state index < -0.39 is 4.92 Å². The van der Waals surface area contributed by atoms with Crippen LogP contribution in [0.4, 0.5) is 5.69 Å². The third-order valence-corrected chi connectivity index (χ3v) is 3.04. The molecule has 2 aromatic rings. The zero-order valence-electron chi connectivity index (χ0n) is 10.2. The molecule has 19 heavy (non-hydrogen) atoms. The molecule has 1 saturated carbocycles. The third-order valence-electron chi connectivity index (χ3n) is 3.04. The van der Waals surface area contributed by atoms with Crippen LogP contribution in [0, 0.1) is 10.1 Å². The van der Waals surface area contributed by atoms with Crippen LogP contribution in [0.2, 0.25) is 0 Å². The van der Waals surface area contributed by atoms with E-state index in [0.29, 0.717) is 24.2 Å². The summed E-state index contributed by atoms with van der Waals surface area (Å²) >= 11 is 0. The SMILES string of the molecule is O=[N+]([O-])c1ccc(-c2cnc(CNC3CC3)o2)cc1. The minimum atomic E-state index is -0.421. The summed E-state index contributed by atoms with van der Waals surface area (Å²) in [6.07, 6.45) is 4.08. The second-order valence-corrected chi connectivity index (χ2v) is 4.58. The topological polar surface area (TPSA) is 81.2 Å². The summed E-state index contributed by atoms with van der Waals surface area (Å²) in [7, 11) is 0. The number of nitrogens with zero attached hydrogens (tertiary/aromatic N) is 2. The Hall–Kier alpha value is -2.21. The standard InChI is InChI=1S/C13H13N3O3/c17-16(18)11-5-1-9(2-6-11)12-7-15-13(19-12)8-14-10-3-4-10/h1-2,5-7,10,14H,3-4,8H2. The highest BCUT2D eigenvalue weighted by Gasteiger charge is 2.21. The van der Waals surface area contributed by atoms with Gasteiger partial charge in [0.1, 0.15) is 0 Å². The summed E-state index contributed by atoms with van der Waals surface area (Å²) in [6, 6.07) is 6.85. The lowest BCUT2D eigenvalue weighted by Gasteiger charge is -1.98. The maximum Gasteiger partial charge on any atom is 0.269 e. The minimum absolute atomic E-state index is 0.0684. The van der Waals surface area contributed by atoms with E-state index in [0.717, 1.165) is 5.56 Å². The minimum Gasteiger partial charge on any atom is -0.439 e. The quantitative estimate of drug-likeness (QED) is 0.659. The monoisotopic (exact) mass is 259 g/mol. The lowest BCUT2D eigenvalue weighted by atomic mass is 10.2. The Morgan fingerprint density at radius 2 is 2.11 bits per heavy atom. The van der Waals surface area contributed by atoms with Crippen molar-refractivity contribution in [1.82, 2.24) is 10.3 Å². The van der Waals surface area contributed by atoms with Gasteiger partial charge >= 0.3 is 0 Å². The molecule has 6 nitrogen and oxygen atoms in total. The second kappa shape index (κ2) is 4.81. The maximum atomic E-state index is 10.6. The Labute approximate surface area is 109 Å². The molecule has 0 unspecified atom stereocenters. The first kappa shape index (κ1) is 11.9. The first-order valence-electron chi connectivity index (χ1n) is 6.15. The first-order valence-corrected chi connectivity index (χ1v) is 6.15. The summed E-state index contributed by atoms with van der Waals surface area (Å²) in [5, 5.41) is 13.9. The fourth-order valence-electron chi connectivity index (χ4n) is 1.79. The molecule has 0 radical (unpaired) electrons. The van der Waals surface area contributed by atoms with Gasteiger partial charge < -0.3 is 9.73 Å². The van der Waals surface area contributed by atoms with Crippen molar-refractivity contribution < 1.29 is 9.34 Å². The van der Waals surface area contributed by atoms with Gasteiger partial charge in [-0.3, -0.25) is 10.1 Å². The molecular formula is C13H13N3O3. The van der Waals surface area contributed by atoms with Gasteiger partial charge in [0, 0.05) is 23.7 Å². The molecule has 98 valence electrons. The molecule has 1 heterocycles. The van der Waals surface area contributed by atoms with E-state index in [4.69, 9.17) is 4.42 Å². The second-order valence-electron chi connectivity index (χ2n) is 4.58. The van der Waals surface area contributed by atoms with E-state index in [1.54, 1.807) is 18.3 Å². The molecule has 1 aliphatic rings. The number of benzene rings is 1. The van der Waals surface area contributed by atoms with Gasteiger partial charge in [0.2, 0.25) is 5.89 Å². The predicted molar refractivity (Wildman–Crippen MR) is 68.5 cm³/mol. The third kappa shape index (κ3) is 2.79. The van der Waals surface area contributed by atoms with Crippen LogP contribution in [0.5, 0.6) is 0 Å². The van der Waals surface area contributed by atoms with Gasteiger partial charge in [0.05, 0.1) is 17.7 Å². The molecule has 0 aliphatic heterocycles. The smallest absolute Gasteiger partial charge is 0.269 e. The highest BCUT2D eigenvalue weighted by molar-refractivity contribution is 5.58. The van der Waals surface area contributed by atoms with Crippen LogP contribution in [0.15, 0.2) is 34.9 Å². The van der Waals surface area contributed by atoms with E-state index in [2.05, 4.69) is 10.3 Å². The van der Waals surface area contributed by atoms with Crippen LogP contribution in [0.3, 0.4) is 0 Å². The van der Waals surface area contributed by atoms with Gasteiger partial charge in [-0.05, 0) is 25.0 Å². The van der Waals surface area contributed by atoms with Crippen molar-refractivity contribution in [3.63, 3.8) is 0 Å². The van der Waals surface area contributed by atoms with Crippen molar-refractivity contribution in [3.05, 3.63) is 46.5 Å². The van der Waals surface area contributed by atoms with Crippen LogP contribution in [-0.4, -0.2) is 15.9 Å². The molecule has 0 saturated heterocycles. The molecule has 0 spiro atoms. The molecule has 6 heteroatoms. The summed E-state index contributed by atoms with van der Waals surface area (Å²) < 4.78 is 5.60. The average molecular weight is 259 g/mol. The van der Waals surface area contributed by atoms with E-state index in [-0.39, 0.29) is 5.69 Å². The number of oxazole rings is 1.